The van der Waals surface area contributed by atoms with Gasteiger partial charge in [-0.1, -0.05) is 0 Å². The molecule has 0 fully saturated rings. The van der Waals surface area contributed by atoms with Gasteiger partial charge in [0, 0.05) is 18.0 Å². The highest BCUT2D eigenvalue weighted by atomic mass is 32.2. The van der Waals surface area contributed by atoms with E-state index in [0.29, 0.717) is 6.04 Å². The van der Waals surface area contributed by atoms with Gasteiger partial charge in [0.1, 0.15) is 0 Å². The van der Waals surface area contributed by atoms with Crippen LogP contribution in [0.3, 0.4) is 0 Å². The van der Waals surface area contributed by atoms with Crippen LogP contribution in [0, 0.1) is 0 Å². The molecular formula is C10H16N2OS. The van der Waals surface area contributed by atoms with E-state index in [2.05, 4.69) is 29.9 Å². The van der Waals surface area contributed by atoms with E-state index in [-0.39, 0.29) is 0 Å². The molecular weight excluding hydrogens is 196 g/mol. The van der Waals surface area contributed by atoms with E-state index in [1.807, 2.05) is 0 Å². The molecule has 0 N–H and O–H groups in total. The van der Waals surface area contributed by atoms with Crippen LogP contribution in [0.2, 0.25) is 0 Å². The minimum Gasteiger partial charge on any atom is -0.376 e. The zero-order chi connectivity index (χ0) is 10.1. The third-order valence-corrected chi connectivity index (χ3v) is 3.28. The predicted octanol–water partition coefficient (Wildman–Crippen LogP) is 2.26. The van der Waals surface area contributed by atoms with E-state index in [1.165, 1.54) is 16.3 Å². The van der Waals surface area contributed by atoms with Crippen LogP contribution in [0.1, 0.15) is 31.1 Å². The van der Waals surface area contributed by atoms with Crippen molar-refractivity contribution < 1.29 is 4.74 Å². The molecule has 1 aromatic rings. The summed E-state index contributed by atoms with van der Waals surface area (Å²) in [7, 11) is 0. The molecule has 0 atom stereocenters. The lowest BCUT2D eigenvalue weighted by Gasteiger charge is -2.12. The standard InChI is InChI=1S/C10H16N2OS/c1-7(2)12-10(14-3)8-6-13-5-4-9(8)11-12/h7H,4-6H2,1-3H3. The quantitative estimate of drug-likeness (QED) is 0.704. The van der Waals surface area contributed by atoms with Crippen molar-refractivity contribution in [3.8, 4) is 0 Å². The van der Waals surface area contributed by atoms with Crippen molar-refractivity contribution in [2.75, 3.05) is 12.9 Å². The molecule has 4 heteroatoms. The summed E-state index contributed by atoms with van der Waals surface area (Å²) in [6.45, 7) is 5.88. The van der Waals surface area contributed by atoms with E-state index < -0.39 is 0 Å². The predicted molar refractivity (Wildman–Crippen MR) is 57.8 cm³/mol. The fourth-order valence-electron chi connectivity index (χ4n) is 1.75. The van der Waals surface area contributed by atoms with Crippen molar-refractivity contribution in [2.45, 2.75) is 37.9 Å². The Morgan fingerprint density at radius 3 is 2.93 bits per heavy atom. The van der Waals surface area contributed by atoms with E-state index in [1.54, 1.807) is 11.8 Å². The highest BCUT2D eigenvalue weighted by Crippen LogP contribution is 2.29. The molecule has 2 rings (SSSR count). The number of hydrogen-bond acceptors (Lipinski definition) is 3. The second-order valence-corrected chi connectivity index (χ2v) is 4.57. The Morgan fingerprint density at radius 1 is 1.50 bits per heavy atom. The molecule has 0 unspecified atom stereocenters. The molecule has 2 heterocycles. The molecule has 3 nitrogen and oxygen atoms in total. The van der Waals surface area contributed by atoms with Gasteiger partial charge in [0.05, 0.1) is 23.9 Å². The average Bonchev–Trinajstić information content (AvgIpc) is 2.56. The van der Waals surface area contributed by atoms with Crippen molar-refractivity contribution in [2.24, 2.45) is 0 Å². The Balaban J connectivity index is 2.46. The van der Waals surface area contributed by atoms with Gasteiger partial charge in [-0.25, -0.2) is 0 Å². The SMILES string of the molecule is CSc1c2c(nn1C(C)C)CCOC2. The van der Waals surface area contributed by atoms with Crippen LogP contribution < -0.4 is 0 Å². The minimum atomic E-state index is 0.433. The van der Waals surface area contributed by atoms with Crippen LogP contribution in [-0.2, 0) is 17.8 Å². The Labute approximate surface area is 88.8 Å². The lowest BCUT2D eigenvalue weighted by atomic mass is 10.2. The molecule has 0 amide bonds. The van der Waals surface area contributed by atoms with Crippen molar-refractivity contribution in [3.63, 3.8) is 0 Å². The van der Waals surface area contributed by atoms with Crippen LogP contribution >= 0.6 is 11.8 Å². The number of aromatic nitrogens is 2. The Bertz CT molecular complexity index is 333. The number of fused-ring (bicyclic) bond motifs is 1. The van der Waals surface area contributed by atoms with Crippen LogP contribution in [0.25, 0.3) is 0 Å². The third kappa shape index (κ3) is 1.57. The molecule has 0 aromatic carbocycles. The summed E-state index contributed by atoms with van der Waals surface area (Å²) in [4.78, 5) is 0. The molecule has 1 aliphatic rings. The highest BCUT2D eigenvalue weighted by Gasteiger charge is 2.21. The van der Waals surface area contributed by atoms with Gasteiger partial charge >= 0.3 is 0 Å². The fourth-order valence-corrected chi connectivity index (χ4v) is 2.62. The molecule has 0 spiro atoms. The van der Waals surface area contributed by atoms with Crippen molar-refractivity contribution in [3.05, 3.63) is 11.3 Å². The van der Waals surface area contributed by atoms with Gasteiger partial charge in [0.15, 0.2) is 0 Å². The number of nitrogens with zero attached hydrogens (tertiary/aromatic N) is 2. The Hall–Kier alpha value is -0.480. The van der Waals surface area contributed by atoms with Crippen LogP contribution in [0.15, 0.2) is 5.03 Å². The first-order valence-electron chi connectivity index (χ1n) is 4.96. The maximum Gasteiger partial charge on any atom is 0.0998 e. The van der Waals surface area contributed by atoms with E-state index in [9.17, 15) is 0 Å². The van der Waals surface area contributed by atoms with Crippen LogP contribution in [-0.4, -0.2) is 22.6 Å². The first-order valence-corrected chi connectivity index (χ1v) is 6.18. The first-order chi connectivity index (χ1) is 6.74. The summed E-state index contributed by atoms with van der Waals surface area (Å²) >= 11 is 1.77. The molecule has 78 valence electrons. The van der Waals surface area contributed by atoms with E-state index in [4.69, 9.17) is 4.74 Å². The summed E-state index contributed by atoms with van der Waals surface area (Å²) in [5.74, 6) is 0. The largest absolute Gasteiger partial charge is 0.376 e. The monoisotopic (exact) mass is 212 g/mol. The molecule has 0 saturated heterocycles. The van der Waals surface area contributed by atoms with Gasteiger partial charge in [-0.2, -0.15) is 5.10 Å². The molecule has 0 aliphatic carbocycles. The van der Waals surface area contributed by atoms with Gasteiger partial charge in [-0.3, -0.25) is 4.68 Å². The molecule has 0 radical (unpaired) electrons. The Kier molecular flexibility index (Phi) is 2.83. The molecule has 0 bridgehead atoms. The van der Waals surface area contributed by atoms with Crippen LogP contribution in [0.4, 0.5) is 0 Å². The fraction of sp³-hybridized carbons (Fsp3) is 0.700. The summed E-state index contributed by atoms with van der Waals surface area (Å²) < 4.78 is 7.58. The maximum absolute atomic E-state index is 5.46. The zero-order valence-corrected chi connectivity index (χ0v) is 9.73. The van der Waals surface area contributed by atoms with Gasteiger partial charge < -0.3 is 4.74 Å². The highest BCUT2D eigenvalue weighted by molar-refractivity contribution is 7.98. The summed E-state index contributed by atoms with van der Waals surface area (Å²) in [6, 6.07) is 0.433. The second kappa shape index (κ2) is 3.95. The number of ether oxygens (including phenoxy) is 1. The average molecular weight is 212 g/mol. The lowest BCUT2D eigenvalue weighted by Crippen LogP contribution is -2.08. The maximum atomic E-state index is 5.46. The molecule has 0 saturated carbocycles. The smallest absolute Gasteiger partial charge is 0.0998 e. The molecule has 1 aromatic heterocycles. The van der Waals surface area contributed by atoms with Crippen molar-refractivity contribution in [1.82, 2.24) is 9.78 Å². The third-order valence-electron chi connectivity index (χ3n) is 2.46. The van der Waals surface area contributed by atoms with E-state index in [0.717, 1.165) is 19.6 Å². The Morgan fingerprint density at radius 2 is 2.29 bits per heavy atom. The zero-order valence-electron chi connectivity index (χ0n) is 8.91. The minimum absolute atomic E-state index is 0.433. The van der Waals surface area contributed by atoms with Gasteiger partial charge in [-0.05, 0) is 20.1 Å². The number of rotatable bonds is 2. The second-order valence-electron chi connectivity index (χ2n) is 3.78. The van der Waals surface area contributed by atoms with Gasteiger partial charge in [-0.15, -0.1) is 11.8 Å². The normalized spacial score (nSPS) is 16.0. The van der Waals surface area contributed by atoms with Crippen molar-refractivity contribution >= 4 is 11.8 Å². The van der Waals surface area contributed by atoms with Crippen LogP contribution in [0.5, 0.6) is 0 Å². The summed E-state index contributed by atoms with van der Waals surface area (Å²) in [5, 5.41) is 5.91. The van der Waals surface area contributed by atoms with Gasteiger partial charge in [0.2, 0.25) is 0 Å². The first kappa shape index (κ1) is 10.1. The van der Waals surface area contributed by atoms with Crippen molar-refractivity contribution in [1.29, 1.82) is 0 Å². The van der Waals surface area contributed by atoms with Gasteiger partial charge in [0.25, 0.3) is 0 Å². The molecule has 14 heavy (non-hydrogen) atoms. The summed E-state index contributed by atoms with van der Waals surface area (Å²) in [5.41, 5.74) is 2.53. The molecule has 1 aliphatic heterocycles. The van der Waals surface area contributed by atoms with E-state index >= 15 is 0 Å². The number of hydrogen-bond donors (Lipinski definition) is 0. The topological polar surface area (TPSA) is 27.1 Å². The summed E-state index contributed by atoms with van der Waals surface area (Å²) in [6.07, 6.45) is 3.06. The number of thioether (sulfide) groups is 1. The lowest BCUT2D eigenvalue weighted by molar-refractivity contribution is 0.108.